The monoisotopic (exact) mass is 236 g/mol. The van der Waals surface area contributed by atoms with Crippen LogP contribution < -0.4 is 24.3 Å². The number of aryl methyl sites for hydroxylation is 1. The fourth-order valence-electron chi connectivity index (χ4n) is 0.940. The van der Waals surface area contributed by atoms with Crippen LogP contribution in [-0.4, -0.2) is 17.2 Å². The maximum atomic E-state index is 12.5. The Bertz CT molecular complexity index is 333. The van der Waals surface area contributed by atoms with E-state index in [4.69, 9.17) is 10.0 Å². The van der Waals surface area contributed by atoms with Crippen molar-refractivity contribution in [1.29, 1.82) is 0 Å². The SMILES string of the molecule is Cc1cc(F)c(F)cc1B(O)O.[CH2-]CCC.[Li+]. The number of hydrogen-bond donors (Lipinski definition) is 2. The minimum Gasteiger partial charge on any atom is -0.423 e. The summed E-state index contributed by atoms with van der Waals surface area (Å²) in [6, 6.07) is 1.69. The molecule has 2 N–H and O–H groups in total. The second-order valence-corrected chi connectivity index (χ2v) is 3.35. The minimum absolute atomic E-state index is 0. The van der Waals surface area contributed by atoms with Gasteiger partial charge in [-0.3, -0.25) is 0 Å². The summed E-state index contributed by atoms with van der Waals surface area (Å²) in [6.45, 7) is 7.19. The number of halogens is 2. The van der Waals surface area contributed by atoms with Crippen LogP contribution in [0.2, 0.25) is 0 Å². The van der Waals surface area contributed by atoms with Gasteiger partial charge in [0.05, 0.1) is 0 Å². The Morgan fingerprint density at radius 1 is 1.24 bits per heavy atom. The van der Waals surface area contributed by atoms with Gasteiger partial charge in [0.25, 0.3) is 0 Å². The Morgan fingerprint density at radius 3 is 2.00 bits per heavy atom. The zero-order valence-corrected chi connectivity index (χ0v) is 10.5. The molecule has 0 aromatic heterocycles. The maximum Gasteiger partial charge on any atom is 1.00 e. The molecule has 1 aromatic carbocycles. The van der Waals surface area contributed by atoms with Crippen LogP contribution in [-0.2, 0) is 0 Å². The predicted molar refractivity (Wildman–Crippen MR) is 61.2 cm³/mol. The second-order valence-electron chi connectivity index (χ2n) is 3.35. The van der Waals surface area contributed by atoms with E-state index < -0.39 is 18.8 Å². The first-order valence-electron chi connectivity index (χ1n) is 5.04. The molecule has 1 rings (SSSR count). The molecule has 0 saturated carbocycles. The summed E-state index contributed by atoms with van der Waals surface area (Å²) in [5.41, 5.74) is 0.290. The molecule has 0 spiro atoms. The zero-order valence-electron chi connectivity index (χ0n) is 10.5. The molecule has 0 aliphatic carbocycles. The molecule has 0 atom stereocenters. The summed E-state index contributed by atoms with van der Waals surface area (Å²) in [6.07, 6.45) is 2.28. The fraction of sp³-hybridized carbons (Fsp3) is 0.364. The second kappa shape index (κ2) is 9.67. The summed E-state index contributed by atoms with van der Waals surface area (Å²) in [4.78, 5) is 0. The largest absolute Gasteiger partial charge is 1.00 e. The molecule has 0 fully saturated rings. The van der Waals surface area contributed by atoms with Gasteiger partial charge in [-0.25, -0.2) is 8.78 Å². The van der Waals surface area contributed by atoms with E-state index >= 15 is 0 Å². The third kappa shape index (κ3) is 6.85. The number of unbranched alkanes of at least 4 members (excludes halogenated alkanes) is 1. The molecule has 2 nitrogen and oxygen atoms in total. The molecule has 0 amide bonds. The van der Waals surface area contributed by atoms with E-state index in [2.05, 4.69) is 13.8 Å². The molecule has 17 heavy (non-hydrogen) atoms. The first kappa shape index (κ1) is 19.0. The van der Waals surface area contributed by atoms with Crippen molar-refractivity contribution in [3.63, 3.8) is 0 Å². The zero-order chi connectivity index (χ0) is 12.7. The van der Waals surface area contributed by atoms with Gasteiger partial charge in [0.15, 0.2) is 11.6 Å². The van der Waals surface area contributed by atoms with Gasteiger partial charge in [-0.2, -0.15) is 6.42 Å². The Balaban J connectivity index is 0. The van der Waals surface area contributed by atoms with Crippen LogP contribution in [0, 0.1) is 25.5 Å². The molecule has 0 aliphatic heterocycles. The minimum atomic E-state index is -1.76. The normalized spacial score (nSPS) is 8.88. The van der Waals surface area contributed by atoms with Crippen LogP contribution >= 0.6 is 0 Å². The average Bonchev–Trinajstić information content (AvgIpc) is 2.23. The summed E-state index contributed by atoms with van der Waals surface area (Å²) in [7, 11) is -1.76. The van der Waals surface area contributed by atoms with Crippen molar-refractivity contribution in [1.82, 2.24) is 0 Å². The molecule has 0 saturated heterocycles. The van der Waals surface area contributed by atoms with E-state index in [0.717, 1.165) is 18.6 Å². The number of hydrogen-bond acceptors (Lipinski definition) is 2. The summed E-state index contributed by atoms with van der Waals surface area (Å²) >= 11 is 0. The van der Waals surface area contributed by atoms with E-state index in [1.54, 1.807) is 0 Å². The quantitative estimate of drug-likeness (QED) is 0.488. The fourth-order valence-corrected chi connectivity index (χ4v) is 0.940. The van der Waals surface area contributed by atoms with Crippen molar-refractivity contribution in [3.8, 4) is 0 Å². The Labute approximate surface area is 113 Å². The van der Waals surface area contributed by atoms with Crippen molar-refractivity contribution < 1.29 is 37.7 Å². The van der Waals surface area contributed by atoms with Gasteiger partial charge in [-0.15, -0.1) is 0 Å². The third-order valence-electron chi connectivity index (χ3n) is 1.94. The third-order valence-corrected chi connectivity index (χ3v) is 1.94. The first-order valence-corrected chi connectivity index (χ1v) is 5.04. The molecule has 0 unspecified atom stereocenters. The molecule has 0 heterocycles. The van der Waals surface area contributed by atoms with Crippen LogP contribution in [0.3, 0.4) is 0 Å². The van der Waals surface area contributed by atoms with Crippen molar-refractivity contribution in [2.75, 3.05) is 0 Å². The first-order chi connectivity index (χ1) is 7.43. The smallest absolute Gasteiger partial charge is 0.423 e. The van der Waals surface area contributed by atoms with Gasteiger partial charge in [-0.1, -0.05) is 13.3 Å². The Hall–Kier alpha value is -0.338. The van der Waals surface area contributed by atoms with Crippen LogP contribution in [0.5, 0.6) is 0 Å². The van der Waals surface area contributed by atoms with Gasteiger partial charge in [-0.05, 0) is 30.1 Å². The van der Waals surface area contributed by atoms with Gasteiger partial charge in [0, 0.05) is 0 Å². The van der Waals surface area contributed by atoms with E-state index in [0.29, 0.717) is 5.56 Å². The predicted octanol–water partition coefficient (Wildman–Crippen LogP) is -1.42. The molecule has 0 bridgehead atoms. The van der Waals surface area contributed by atoms with Gasteiger partial charge < -0.3 is 17.0 Å². The van der Waals surface area contributed by atoms with Crippen LogP contribution in [0.25, 0.3) is 0 Å². The van der Waals surface area contributed by atoms with Crippen molar-refractivity contribution >= 4 is 12.6 Å². The van der Waals surface area contributed by atoms with Gasteiger partial charge in [0.1, 0.15) is 0 Å². The summed E-state index contributed by atoms with van der Waals surface area (Å²) in [5.74, 6) is -2.07. The maximum absolute atomic E-state index is 12.5. The molecule has 6 heteroatoms. The molecular weight excluding hydrogens is 220 g/mol. The van der Waals surface area contributed by atoms with Gasteiger partial charge >= 0.3 is 26.0 Å². The molecular formula is C11H16BF2LiO2. The van der Waals surface area contributed by atoms with Gasteiger partial charge in [0.2, 0.25) is 0 Å². The standard InChI is InChI=1S/C7H7BF2O2.C4H9.Li/c1-4-2-6(9)7(10)3-5(4)8(11)12;1-3-4-2;/h2-3,11-12H,1H3;1,3-4H2,2H3;/q;-1;+1. The Morgan fingerprint density at radius 2 is 1.65 bits per heavy atom. The van der Waals surface area contributed by atoms with Crippen molar-refractivity contribution in [2.45, 2.75) is 26.7 Å². The topological polar surface area (TPSA) is 40.5 Å². The summed E-state index contributed by atoms with van der Waals surface area (Å²) in [5, 5.41) is 17.4. The van der Waals surface area contributed by atoms with E-state index in [1.165, 1.54) is 13.3 Å². The molecule has 0 radical (unpaired) electrons. The summed E-state index contributed by atoms with van der Waals surface area (Å²) < 4.78 is 25.0. The Kier molecular flexibility index (Phi) is 10.8. The molecule has 1 aromatic rings. The van der Waals surface area contributed by atoms with Crippen LogP contribution in [0.15, 0.2) is 12.1 Å². The van der Waals surface area contributed by atoms with Crippen LogP contribution in [0.1, 0.15) is 25.3 Å². The molecule has 0 aliphatic rings. The number of rotatable bonds is 2. The van der Waals surface area contributed by atoms with E-state index in [9.17, 15) is 8.78 Å². The van der Waals surface area contributed by atoms with Crippen LogP contribution in [0.4, 0.5) is 8.78 Å². The average molecular weight is 236 g/mol. The van der Waals surface area contributed by atoms with Crippen molar-refractivity contribution in [2.24, 2.45) is 0 Å². The molecule has 90 valence electrons. The van der Waals surface area contributed by atoms with E-state index in [-0.39, 0.29) is 24.3 Å². The van der Waals surface area contributed by atoms with E-state index in [1.807, 2.05) is 0 Å². The van der Waals surface area contributed by atoms with Crippen molar-refractivity contribution in [3.05, 3.63) is 36.3 Å². The number of benzene rings is 1.